The van der Waals surface area contributed by atoms with Crippen LogP contribution in [0.2, 0.25) is 0 Å². The van der Waals surface area contributed by atoms with E-state index in [0.717, 1.165) is 5.69 Å². The molecule has 0 fully saturated rings. The van der Waals surface area contributed by atoms with Gasteiger partial charge in [0, 0.05) is 13.2 Å². The monoisotopic (exact) mass is 168 g/mol. The Morgan fingerprint density at radius 1 is 1.75 bits per heavy atom. The van der Waals surface area contributed by atoms with Crippen molar-refractivity contribution in [3.63, 3.8) is 0 Å². The number of rotatable bonds is 4. The quantitative estimate of drug-likeness (QED) is 0.658. The number of nitrogens with zero attached hydrogens (tertiary/aromatic N) is 2. The highest BCUT2D eigenvalue weighted by atomic mass is 16.5. The molecule has 0 aromatic carbocycles. The lowest BCUT2D eigenvalue weighted by Gasteiger charge is -1.96. The van der Waals surface area contributed by atoms with Crippen LogP contribution >= 0.6 is 0 Å². The van der Waals surface area contributed by atoms with Crippen LogP contribution in [0.25, 0.3) is 0 Å². The smallest absolute Gasteiger partial charge is 0.155 e. The molecule has 0 amide bonds. The van der Waals surface area contributed by atoms with E-state index in [0.29, 0.717) is 6.61 Å². The molecule has 0 aliphatic heterocycles. The number of hydrogen-bond donors (Lipinski definition) is 0. The van der Waals surface area contributed by atoms with Crippen molar-refractivity contribution in [2.75, 3.05) is 6.61 Å². The van der Waals surface area contributed by atoms with E-state index in [-0.39, 0.29) is 12.4 Å². The lowest BCUT2D eigenvalue weighted by Crippen LogP contribution is -2.03. The summed E-state index contributed by atoms with van der Waals surface area (Å²) in [6, 6.07) is 0. The Bertz CT molecular complexity index is 268. The predicted molar refractivity (Wildman–Crippen MR) is 43.5 cm³/mol. The van der Waals surface area contributed by atoms with Crippen molar-refractivity contribution in [3.8, 4) is 0 Å². The summed E-state index contributed by atoms with van der Waals surface area (Å²) in [7, 11) is 1.89. The second-order valence-corrected chi connectivity index (χ2v) is 2.73. The van der Waals surface area contributed by atoms with E-state index < -0.39 is 0 Å². The normalized spacial score (nSPS) is 10.2. The average Bonchev–Trinajstić information content (AvgIpc) is 2.35. The molecule has 0 saturated carbocycles. The molecule has 1 rings (SSSR count). The summed E-state index contributed by atoms with van der Waals surface area (Å²) in [5.74, 6) is 0.0333. The van der Waals surface area contributed by atoms with Gasteiger partial charge in [-0.25, -0.2) is 4.98 Å². The van der Waals surface area contributed by atoms with Crippen LogP contribution in [-0.2, 0) is 23.2 Å². The first-order valence-corrected chi connectivity index (χ1v) is 3.72. The molecule has 1 aromatic heterocycles. The second kappa shape index (κ2) is 4.01. The molecule has 0 spiro atoms. The highest BCUT2D eigenvalue weighted by Gasteiger charge is 1.97. The standard InChI is InChI=1S/C8H12N2O2/c1-7(11)4-12-5-8-3-10(2)6-9-8/h3,6H,4-5H2,1-2H3. The van der Waals surface area contributed by atoms with Crippen molar-refractivity contribution in [2.24, 2.45) is 7.05 Å². The van der Waals surface area contributed by atoms with Gasteiger partial charge in [0.25, 0.3) is 0 Å². The summed E-state index contributed by atoms with van der Waals surface area (Å²) in [5.41, 5.74) is 0.846. The zero-order valence-electron chi connectivity index (χ0n) is 7.28. The van der Waals surface area contributed by atoms with Crippen LogP contribution in [0, 0.1) is 0 Å². The van der Waals surface area contributed by atoms with Crippen molar-refractivity contribution in [2.45, 2.75) is 13.5 Å². The number of carbonyl (C=O) groups excluding carboxylic acids is 1. The first kappa shape index (κ1) is 8.93. The van der Waals surface area contributed by atoms with Gasteiger partial charge in [-0.2, -0.15) is 0 Å². The molecule has 0 unspecified atom stereocenters. The topological polar surface area (TPSA) is 44.1 Å². The third-order valence-electron chi connectivity index (χ3n) is 1.31. The third kappa shape index (κ3) is 2.84. The van der Waals surface area contributed by atoms with Crippen molar-refractivity contribution in [1.82, 2.24) is 9.55 Å². The highest BCUT2D eigenvalue weighted by molar-refractivity contribution is 5.76. The van der Waals surface area contributed by atoms with Crippen molar-refractivity contribution in [3.05, 3.63) is 18.2 Å². The first-order valence-electron chi connectivity index (χ1n) is 3.72. The average molecular weight is 168 g/mol. The molecule has 0 radical (unpaired) electrons. The molecule has 0 aliphatic rings. The first-order chi connectivity index (χ1) is 5.68. The van der Waals surface area contributed by atoms with Gasteiger partial charge in [-0.3, -0.25) is 4.79 Å². The van der Waals surface area contributed by atoms with Gasteiger partial charge in [-0.15, -0.1) is 0 Å². The van der Waals surface area contributed by atoms with Gasteiger partial charge in [0.1, 0.15) is 6.61 Å². The predicted octanol–water partition coefficient (Wildman–Crippen LogP) is 0.526. The second-order valence-electron chi connectivity index (χ2n) is 2.73. The lowest BCUT2D eigenvalue weighted by atomic mass is 10.5. The fourth-order valence-electron chi connectivity index (χ4n) is 0.841. The number of aromatic nitrogens is 2. The summed E-state index contributed by atoms with van der Waals surface area (Å²) in [4.78, 5) is 14.5. The zero-order valence-corrected chi connectivity index (χ0v) is 7.28. The minimum absolute atomic E-state index is 0.0333. The van der Waals surface area contributed by atoms with Crippen LogP contribution in [0.1, 0.15) is 12.6 Å². The number of Topliss-reactive ketones (excluding diaryl/α,β-unsaturated/α-hetero) is 1. The molecular formula is C8H12N2O2. The largest absolute Gasteiger partial charge is 0.367 e. The molecule has 0 saturated heterocycles. The van der Waals surface area contributed by atoms with Crippen LogP contribution < -0.4 is 0 Å². The Morgan fingerprint density at radius 2 is 2.50 bits per heavy atom. The fraction of sp³-hybridized carbons (Fsp3) is 0.500. The molecule has 1 aromatic rings. The summed E-state index contributed by atoms with van der Waals surface area (Å²) in [6.07, 6.45) is 3.56. The lowest BCUT2D eigenvalue weighted by molar-refractivity contribution is -0.121. The molecule has 4 heteroatoms. The summed E-state index contributed by atoms with van der Waals surface area (Å²) in [5, 5.41) is 0. The molecule has 0 bridgehead atoms. The van der Waals surface area contributed by atoms with E-state index >= 15 is 0 Å². The van der Waals surface area contributed by atoms with E-state index in [1.54, 1.807) is 6.33 Å². The summed E-state index contributed by atoms with van der Waals surface area (Å²) >= 11 is 0. The van der Waals surface area contributed by atoms with Gasteiger partial charge in [-0.05, 0) is 6.92 Å². The Hall–Kier alpha value is -1.16. The van der Waals surface area contributed by atoms with Crippen molar-refractivity contribution >= 4 is 5.78 Å². The zero-order chi connectivity index (χ0) is 8.97. The minimum Gasteiger partial charge on any atom is -0.367 e. The molecule has 1 heterocycles. The van der Waals surface area contributed by atoms with Crippen molar-refractivity contribution < 1.29 is 9.53 Å². The molecule has 4 nitrogen and oxygen atoms in total. The molecule has 66 valence electrons. The van der Waals surface area contributed by atoms with Gasteiger partial charge >= 0.3 is 0 Å². The van der Waals surface area contributed by atoms with Crippen LogP contribution in [0.15, 0.2) is 12.5 Å². The SMILES string of the molecule is CC(=O)COCc1cn(C)cn1. The van der Waals surface area contributed by atoms with Crippen molar-refractivity contribution in [1.29, 1.82) is 0 Å². The molecule has 0 aliphatic carbocycles. The number of ether oxygens (including phenoxy) is 1. The molecule has 0 N–H and O–H groups in total. The number of carbonyl (C=O) groups is 1. The van der Waals surface area contributed by atoms with Gasteiger partial charge in [0.2, 0.25) is 0 Å². The van der Waals surface area contributed by atoms with Gasteiger partial charge in [0.15, 0.2) is 5.78 Å². The van der Waals surface area contributed by atoms with Crippen LogP contribution in [0.4, 0.5) is 0 Å². The highest BCUT2D eigenvalue weighted by Crippen LogP contribution is 1.96. The van der Waals surface area contributed by atoms with E-state index in [1.807, 2.05) is 17.8 Å². The molecular weight excluding hydrogens is 156 g/mol. The van der Waals surface area contributed by atoms with E-state index in [4.69, 9.17) is 4.74 Å². The Morgan fingerprint density at radius 3 is 3.00 bits per heavy atom. The maximum Gasteiger partial charge on any atom is 0.155 e. The number of ketones is 1. The van der Waals surface area contributed by atoms with Gasteiger partial charge < -0.3 is 9.30 Å². The third-order valence-corrected chi connectivity index (χ3v) is 1.31. The number of imidazole rings is 1. The molecule has 12 heavy (non-hydrogen) atoms. The van der Waals surface area contributed by atoms with E-state index in [9.17, 15) is 4.79 Å². The Balaban J connectivity index is 2.29. The van der Waals surface area contributed by atoms with E-state index in [1.165, 1.54) is 6.92 Å². The van der Waals surface area contributed by atoms with Gasteiger partial charge in [-0.1, -0.05) is 0 Å². The van der Waals surface area contributed by atoms with Crippen LogP contribution in [0.5, 0.6) is 0 Å². The number of aryl methyl sites for hydroxylation is 1. The summed E-state index contributed by atoms with van der Waals surface area (Å²) in [6.45, 7) is 2.06. The minimum atomic E-state index is 0.0333. The van der Waals surface area contributed by atoms with Crippen LogP contribution in [0.3, 0.4) is 0 Å². The molecule has 0 atom stereocenters. The van der Waals surface area contributed by atoms with Crippen LogP contribution in [-0.4, -0.2) is 21.9 Å². The van der Waals surface area contributed by atoms with Gasteiger partial charge in [0.05, 0.1) is 18.6 Å². The fourth-order valence-corrected chi connectivity index (χ4v) is 0.841. The Kier molecular flexibility index (Phi) is 2.99. The summed E-state index contributed by atoms with van der Waals surface area (Å²) < 4.78 is 6.91. The Labute approximate surface area is 71.2 Å². The maximum absolute atomic E-state index is 10.5. The number of hydrogen-bond acceptors (Lipinski definition) is 3. The maximum atomic E-state index is 10.5. The van der Waals surface area contributed by atoms with E-state index in [2.05, 4.69) is 4.98 Å².